The summed E-state index contributed by atoms with van der Waals surface area (Å²) in [7, 11) is 0. The standard InChI is InChI=1S/C17H11ClN2/c18-16-8-6-14(7-9-16)10-11-20-12-17(19-13-20)15-4-2-1-3-5-15/h1-9,12-13H. The first-order valence-electron chi connectivity index (χ1n) is 6.18. The largest absolute Gasteiger partial charge is 0.264 e. The first-order chi connectivity index (χ1) is 9.81. The quantitative estimate of drug-likeness (QED) is 0.614. The van der Waals surface area contributed by atoms with Gasteiger partial charge >= 0.3 is 0 Å². The zero-order chi connectivity index (χ0) is 13.8. The van der Waals surface area contributed by atoms with Crippen LogP contribution in [0.15, 0.2) is 67.1 Å². The fourth-order valence-corrected chi connectivity index (χ4v) is 1.93. The first-order valence-corrected chi connectivity index (χ1v) is 6.56. The lowest BCUT2D eigenvalue weighted by Gasteiger charge is -1.93. The second-order valence-electron chi connectivity index (χ2n) is 4.28. The van der Waals surface area contributed by atoms with E-state index >= 15 is 0 Å². The Balaban J connectivity index is 1.83. The van der Waals surface area contributed by atoms with Gasteiger partial charge in [-0.25, -0.2) is 4.98 Å². The van der Waals surface area contributed by atoms with Gasteiger partial charge in [-0.05, 0) is 30.2 Å². The van der Waals surface area contributed by atoms with Crippen LogP contribution in [-0.4, -0.2) is 9.55 Å². The van der Waals surface area contributed by atoms with Crippen molar-refractivity contribution in [3.63, 3.8) is 0 Å². The van der Waals surface area contributed by atoms with E-state index in [1.54, 1.807) is 10.9 Å². The molecule has 0 aliphatic rings. The molecule has 2 nitrogen and oxygen atoms in total. The van der Waals surface area contributed by atoms with E-state index in [1.165, 1.54) is 0 Å². The number of hydrogen-bond acceptors (Lipinski definition) is 1. The van der Waals surface area contributed by atoms with Crippen molar-refractivity contribution in [1.29, 1.82) is 0 Å². The van der Waals surface area contributed by atoms with Crippen molar-refractivity contribution in [3.8, 4) is 23.2 Å². The van der Waals surface area contributed by atoms with Crippen molar-refractivity contribution in [2.75, 3.05) is 0 Å². The number of benzene rings is 2. The van der Waals surface area contributed by atoms with E-state index in [0.717, 1.165) is 16.8 Å². The molecule has 96 valence electrons. The minimum atomic E-state index is 0.713. The summed E-state index contributed by atoms with van der Waals surface area (Å²) < 4.78 is 1.76. The number of rotatable bonds is 1. The fraction of sp³-hybridized carbons (Fsp3) is 0. The summed E-state index contributed by atoms with van der Waals surface area (Å²) in [6, 6.07) is 20.5. The van der Waals surface area contributed by atoms with Crippen LogP contribution in [0.3, 0.4) is 0 Å². The van der Waals surface area contributed by atoms with Crippen molar-refractivity contribution in [1.82, 2.24) is 9.55 Å². The van der Waals surface area contributed by atoms with Gasteiger partial charge in [-0.15, -0.1) is 0 Å². The van der Waals surface area contributed by atoms with Crippen LogP contribution in [0.25, 0.3) is 11.3 Å². The molecular weight excluding hydrogens is 268 g/mol. The maximum Gasteiger partial charge on any atom is 0.107 e. The van der Waals surface area contributed by atoms with E-state index in [0.29, 0.717) is 5.02 Å². The van der Waals surface area contributed by atoms with Gasteiger partial charge in [0.05, 0.1) is 5.69 Å². The van der Waals surface area contributed by atoms with Crippen LogP contribution >= 0.6 is 11.6 Å². The van der Waals surface area contributed by atoms with E-state index in [4.69, 9.17) is 11.6 Å². The molecule has 0 amide bonds. The van der Waals surface area contributed by atoms with Gasteiger partial charge in [-0.2, -0.15) is 0 Å². The predicted octanol–water partition coefficient (Wildman–Crippen LogP) is 4.06. The van der Waals surface area contributed by atoms with Crippen LogP contribution in [0, 0.1) is 12.0 Å². The normalized spacial score (nSPS) is 9.85. The summed E-state index contributed by atoms with van der Waals surface area (Å²) in [4.78, 5) is 4.35. The predicted molar refractivity (Wildman–Crippen MR) is 81.4 cm³/mol. The van der Waals surface area contributed by atoms with Crippen molar-refractivity contribution in [3.05, 3.63) is 77.7 Å². The molecule has 0 unspecified atom stereocenters. The Morgan fingerprint density at radius 2 is 1.70 bits per heavy atom. The molecule has 0 atom stereocenters. The molecule has 0 aliphatic heterocycles. The zero-order valence-corrected chi connectivity index (χ0v) is 11.4. The third-order valence-electron chi connectivity index (χ3n) is 2.83. The van der Waals surface area contributed by atoms with E-state index in [2.05, 4.69) is 16.9 Å². The molecule has 3 heteroatoms. The van der Waals surface area contributed by atoms with E-state index in [9.17, 15) is 0 Å². The van der Waals surface area contributed by atoms with Crippen LogP contribution in [0.2, 0.25) is 5.02 Å². The monoisotopic (exact) mass is 278 g/mol. The first kappa shape index (κ1) is 12.5. The zero-order valence-electron chi connectivity index (χ0n) is 10.6. The van der Waals surface area contributed by atoms with Crippen molar-refractivity contribution < 1.29 is 0 Å². The van der Waals surface area contributed by atoms with Crippen LogP contribution in [-0.2, 0) is 0 Å². The smallest absolute Gasteiger partial charge is 0.107 e. The highest BCUT2D eigenvalue weighted by Crippen LogP contribution is 2.15. The molecule has 3 rings (SSSR count). The maximum atomic E-state index is 5.84. The highest BCUT2D eigenvalue weighted by Gasteiger charge is 1.99. The molecule has 0 fully saturated rings. The lowest BCUT2D eigenvalue weighted by atomic mass is 10.2. The highest BCUT2D eigenvalue weighted by atomic mass is 35.5. The van der Waals surface area contributed by atoms with Gasteiger partial charge in [0, 0.05) is 28.4 Å². The summed E-state index contributed by atoms with van der Waals surface area (Å²) in [6.45, 7) is 0. The number of nitrogens with zero attached hydrogens (tertiary/aromatic N) is 2. The van der Waals surface area contributed by atoms with Crippen molar-refractivity contribution in [2.45, 2.75) is 0 Å². The van der Waals surface area contributed by atoms with Gasteiger partial charge in [-0.3, -0.25) is 4.57 Å². The van der Waals surface area contributed by atoms with E-state index < -0.39 is 0 Å². The summed E-state index contributed by atoms with van der Waals surface area (Å²) in [5, 5.41) is 0.713. The number of halogens is 1. The molecule has 1 aromatic heterocycles. The topological polar surface area (TPSA) is 17.8 Å². The van der Waals surface area contributed by atoms with Crippen LogP contribution in [0.4, 0.5) is 0 Å². The Hall–Kier alpha value is -2.50. The van der Waals surface area contributed by atoms with Crippen LogP contribution in [0.1, 0.15) is 5.56 Å². The molecule has 3 aromatic rings. The summed E-state index contributed by atoms with van der Waals surface area (Å²) in [5.74, 6) is 3.07. The van der Waals surface area contributed by atoms with Gasteiger partial charge in [0.15, 0.2) is 0 Å². The van der Waals surface area contributed by atoms with Crippen LogP contribution < -0.4 is 0 Å². The minimum absolute atomic E-state index is 0.713. The Morgan fingerprint density at radius 3 is 2.45 bits per heavy atom. The second-order valence-corrected chi connectivity index (χ2v) is 4.71. The average Bonchev–Trinajstić information content (AvgIpc) is 2.97. The molecule has 20 heavy (non-hydrogen) atoms. The molecule has 0 bridgehead atoms. The van der Waals surface area contributed by atoms with Crippen molar-refractivity contribution >= 4 is 11.6 Å². The molecular formula is C17H11ClN2. The molecule has 0 aliphatic carbocycles. The Kier molecular flexibility index (Phi) is 3.54. The summed E-state index contributed by atoms with van der Waals surface area (Å²) >= 11 is 5.84. The lowest BCUT2D eigenvalue weighted by Crippen LogP contribution is -1.82. The Morgan fingerprint density at radius 1 is 0.950 bits per heavy atom. The fourth-order valence-electron chi connectivity index (χ4n) is 1.80. The third kappa shape index (κ3) is 2.90. The molecule has 0 saturated heterocycles. The van der Waals surface area contributed by atoms with Crippen molar-refractivity contribution in [2.24, 2.45) is 0 Å². The lowest BCUT2D eigenvalue weighted by molar-refractivity contribution is 1.11. The Bertz CT molecular complexity index is 762. The molecule has 0 N–H and O–H groups in total. The molecule has 1 heterocycles. The summed E-state index contributed by atoms with van der Waals surface area (Å²) in [6.07, 6.45) is 3.63. The molecule has 2 aromatic carbocycles. The average molecular weight is 279 g/mol. The molecule has 0 saturated carbocycles. The van der Waals surface area contributed by atoms with Gasteiger partial charge in [-0.1, -0.05) is 41.9 Å². The number of hydrogen-bond donors (Lipinski definition) is 0. The molecule has 0 spiro atoms. The van der Waals surface area contributed by atoms with Gasteiger partial charge in [0.2, 0.25) is 0 Å². The van der Waals surface area contributed by atoms with Gasteiger partial charge in [0.1, 0.15) is 6.33 Å². The maximum absolute atomic E-state index is 5.84. The minimum Gasteiger partial charge on any atom is -0.264 e. The van der Waals surface area contributed by atoms with Gasteiger partial charge in [0.25, 0.3) is 0 Å². The van der Waals surface area contributed by atoms with Gasteiger partial charge < -0.3 is 0 Å². The molecule has 0 radical (unpaired) electrons. The SMILES string of the molecule is Clc1ccc(C#Cn2cnc(-c3ccccc3)c2)cc1. The second kappa shape index (κ2) is 5.64. The van der Waals surface area contributed by atoms with E-state index in [-0.39, 0.29) is 0 Å². The van der Waals surface area contributed by atoms with E-state index in [1.807, 2.05) is 60.8 Å². The number of aromatic nitrogens is 2. The summed E-state index contributed by atoms with van der Waals surface area (Å²) in [5.41, 5.74) is 2.92. The third-order valence-corrected chi connectivity index (χ3v) is 3.08. The van der Waals surface area contributed by atoms with Crippen LogP contribution in [0.5, 0.6) is 0 Å². The Labute approximate surface area is 122 Å². The highest BCUT2D eigenvalue weighted by molar-refractivity contribution is 6.30. The number of imidazole rings is 1.